The van der Waals surface area contributed by atoms with Crippen molar-refractivity contribution >= 4 is 23.4 Å². The Bertz CT molecular complexity index is 543. The molecule has 2 saturated heterocycles. The summed E-state index contributed by atoms with van der Waals surface area (Å²) < 4.78 is 5.34. The molecule has 2 heterocycles. The van der Waals surface area contributed by atoms with Crippen LogP contribution >= 0.6 is 11.8 Å². The van der Waals surface area contributed by atoms with E-state index < -0.39 is 6.04 Å². The molecule has 3 rings (SSSR count). The van der Waals surface area contributed by atoms with Crippen molar-refractivity contribution in [3.8, 4) is 0 Å². The molecule has 1 amide bonds. The van der Waals surface area contributed by atoms with E-state index in [1.807, 2.05) is 23.9 Å². The summed E-state index contributed by atoms with van der Waals surface area (Å²) in [7, 11) is 0. The number of hydrogen-bond donors (Lipinski definition) is 2. The summed E-state index contributed by atoms with van der Waals surface area (Å²) in [5.74, 6) is 2.54. The number of nitrogens with two attached hydrogens (primary N) is 1. The minimum Gasteiger partial charge on any atom is -0.381 e. The fourth-order valence-corrected chi connectivity index (χ4v) is 4.26. The molecule has 5 nitrogen and oxygen atoms in total. The maximum Gasteiger partial charge on any atom is 0.241 e. The van der Waals surface area contributed by atoms with Gasteiger partial charge in [0.1, 0.15) is 0 Å². The lowest BCUT2D eigenvalue weighted by molar-refractivity contribution is -0.119. The van der Waals surface area contributed by atoms with E-state index in [4.69, 9.17) is 10.5 Å². The van der Waals surface area contributed by atoms with Crippen molar-refractivity contribution < 1.29 is 9.53 Å². The van der Waals surface area contributed by atoms with Gasteiger partial charge >= 0.3 is 0 Å². The topological polar surface area (TPSA) is 67.6 Å². The van der Waals surface area contributed by atoms with Crippen LogP contribution < -0.4 is 11.1 Å². The van der Waals surface area contributed by atoms with Crippen molar-refractivity contribution in [2.45, 2.75) is 25.4 Å². The SMILES string of the molecule is NC(C(=O)Nc1cccc(CN2CCSCC2)c1)C1CCOCC1. The molecule has 6 heteroatoms. The Kier molecular flexibility index (Phi) is 6.54. The predicted molar refractivity (Wildman–Crippen MR) is 99.2 cm³/mol. The maximum absolute atomic E-state index is 12.4. The van der Waals surface area contributed by atoms with Gasteiger partial charge in [-0.25, -0.2) is 0 Å². The largest absolute Gasteiger partial charge is 0.381 e. The third kappa shape index (κ3) is 4.96. The molecule has 24 heavy (non-hydrogen) atoms. The third-order valence-corrected chi connectivity index (χ3v) is 5.72. The first kappa shape index (κ1) is 17.7. The molecule has 0 aromatic heterocycles. The summed E-state index contributed by atoms with van der Waals surface area (Å²) >= 11 is 2.02. The molecule has 132 valence electrons. The van der Waals surface area contributed by atoms with Gasteiger partial charge in [0, 0.05) is 50.0 Å². The second-order valence-corrected chi connectivity index (χ2v) is 7.78. The Morgan fingerprint density at radius 1 is 1.33 bits per heavy atom. The summed E-state index contributed by atoms with van der Waals surface area (Å²) in [6.07, 6.45) is 1.73. The lowest BCUT2D eigenvalue weighted by Gasteiger charge is -2.27. The van der Waals surface area contributed by atoms with Gasteiger partial charge in [-0.15, -0.1) is 0 Å². The van der Waals surface area contributed by atoms with Crippen LogP contribution in [-0.2, 0) is 16.1 Å². The molecule has 3 N–H and O–H groups in total. The van der Waals surface area contributed by atoms with E-state index in [-0.39, 0.29) is 11.8 Å². The van der Waals surface area contributed by atoms with Crippen LogP contribution in [-0.4, -0.2) is 54.7 Å². The molecule has 2 aliphatic heterocycles. The highest BCUT2D eigenvalue weighted by molar-refractivity contribution is 7.99. The first-order valence-electron chi connectivity index (χ1n) is 8.75. The minimum atomic E-state index is -0.461. The van der Waals surface area contributed by atoms with E-state index in [2.05, 4.69) is 22.3 Å². The summed E-state index contributed by atoms with van der Waals surface area (Å²) in [6, 6.07) is 7.66. The number of ether oxygens (including phenoxy) is 1. The van der Waals surface area contributed by atoms with E-state index in [0.29, 0.717) is 13.2 Å². The highest BCUT2D eigenvalue weighted by atomic mass is 32.2. The lowest BCUT2D eigenvalue weighted by Crippen LogP contribution is -2.44. The number of benzene rings is 1. The van der Waals surface area contributed by atoms with Gasteiger partial charge in [-0.05, 0) is 36.5 Å². The molecule has 1 aromatic rings. The van der Waals surface area contributed by atoms with Crippen molar-refractivity contribution in [1.82, 2.24) is 4.90 Å². The Morgan fingerprint density at radius 2 is 2.08 bits per heavy atom. The molecule has 2 aliphatic rings. The molecule has 0 saturated carbocycles. The monoisotopic (exact) mass is 349 g/mol. The average Bonchev–Trinajstić information content (AvgIpc) is 2.63. The van der Waals surface area contributed by atoms with Crippen molar-refractivity contribution in [2.75, 3.05) is 43.1 Å². The number of amides is 1. The van der Waals surface area contributed by atoms with Crippen molar-refractivity contribution in [3.63, 3.8) is 0 Å². The van der Waals surface area contributed by atoms with Crippen LogP contribution in [0, 0.1) is 5.92 Å². The fraction of sp³-hybridized carbons (Fsp3) is 0.611. The molecule has 1 aromatic carbocycles. The fourth-order valence-electron chi connectivity index (χ4n) is 3.28. The van der Waals surface area contributed by atoms with E-state index in [1.54, 1.807) is 0 Å². The first-order chi connectivity index (χ1) is 11.7. The van der Waals surface area contributed by atoms with Crippen LogP contribution in [0.15, 0.2) is 24.3 Å². The highest BCUT2D eigenvalue weighted by Crippen LogP contribution is 2.20. The number of rotatable bonds is 5. The number of nitrogens with zero attached hydrogens (tertiary/aromatic N) is 1. The van der Waals surface area contributed by atoms with Crippen LogP contribution in [0.5, 0.6) is 0 Å². The van der Waals surface area contributed by atoms with Crippen LogP contribution in [0.4, 0.5) is 5.69 Å². The summed E-state index contributed by atoms with van der Waals surface area (Å²) in [5, 5.41) is 2.99. The quantitative estimate of drug-likeness (QED) is 0.850. The van der Waals surface area contributed by atoms with Crippen molar-refractivity contribution in [3.05, 3.63) is 29.8 Å². The van der Waals surface area contributed by atoms with Gasteiger partial charge in [0.15, 0.2) is 0 Å². The number of carbonyl (C=O) groups is 1. The number of carbonyl (C=O) groups excluding carboxylic acids is 1. The number of nitrogens with one attached hydrogen (secondary N) is 1. The third-order valence-electron chi connectivity index (χ3n) is 4.78. The van der Waals surface area contributed by atoms with Crippen LogP contribution in [0.25, 0.3) is 0 Å². The average molecular weight is 350 g/mol. The lowest BCUT2D eigenvalue weighted by atomic mass is 9.92. The van der Waals surface area contributed by atoms with E-state index in [0.717, 1.165) is 38.2 Å². The van der Waals surface area contributed by atoms with Crippen molar-refractivity contribution in [1.29, 1.82) is 0 Å². The second kappa shape index (κ2) is 8.85. The Labute approximate surface area is 148 Å². The van der Waals surface area contributed by atoms with Crippen LogP contribution in [0.1, 0.15) is 18.4 Å². The minimum absolute atomic E-state index is 0.0894. The number of anilines is 1. The summed E-state index contributed by atoms with van der Waals surface area (Å²) in [6.45, 7) is 4.62. The standard InChI is InChI=1S/C18H27N3O2S/c19-17(15-4-8-23-9-5-15)18(22)20-16-3-1-2-14(12-16)13-21-6-10-24-11-7-21/h1-3,12,15,17H,4-11,13,19H2,(H,20,22). The summed E-state index contributed by atoms with van der Waals surface area (Å²) in [4.78, 5) is 14.9. The molecule has 1 unspecified atom stereocenters. The zero-order valence-electron chi connectivity index (χ0n) is 14.1. The Morgan fingerprint density at radius 3 is 2.83 bits per heavy atom. The van der Waals surface area contributed by atoms with Gasteiger partial charge in [-0.2, -0.15) is 11.8 Å². The second-order valence-electron chi connectivity index (χ2n) is 6.55. The number of hydrogen-bond acceptors (Lipinski definition) is 5. The highest BCUT2D eigenvalue weighted by Gasteiger charge is 2.26. The van der Waals surface area contributed by atoms with Gasteiger partial charge < -0.3 is 15.8 Å². The van der Waals surface area contributed by atoms with Crippen molar-refractivity contribution in [2.24, 2.45) is 11.7 Å². The molecular weight excluding hydrogens is 322 g/mol. The molecule has 0 radical (unpaired) electrons. The van der Waals surface area contributed by atoms with Gasteiger partial charge in [-0.1, -0.05) is 12.1 Å². The van der Waals surface area contributed by atoms with Gasteiger partial charge in [0.2, 0.25) is 5.91 Å². The molecule has 0 aliphatic carbocycles. The van der Waals surface area contributed by atoms with Crippen LogP contribution in [0.2, 0.25) is 0 Å². The molecule has 1 atom stereocenters. The van der Waals surface area contributed by atoms with Gasteiger partial charge in [0.25, 0.3) is 0 Å². The number of thioether (sulfide) groups is 1. The van der Waals surface area contributed by atoms with E-state index >= 15 is 0 Å². The zero-order chi connectivity index (χ0) is 16.8. The smallest absolute Gasteiger partial charge is 0.241 e. The molecule has 2 fully saturated rings. The van der Waals surface area contributed by atoms with Gasteiger partial charge in [0.05, 0.1) is 6.04 Å². The summed E-state index contributed by atoms with van der Waals surface area (Å²) in [5.41, 5.74) is 8.22. The Hall–Kier alpha value is -1.08. The van der Waals surface area contributed by atoms with Gasteiger partial charge in [-0.3, -0.25) is 9.69 Å². The molecule has 0 bridgehead atoms. The first-order valence-corrected chi connectivity index (χ1v) is 9.91. The normalized spacial score (nSPS) is 21.4. The maximum atomic E-state index is 12.4. The van der Waals surface area contributed by atoms with E-state index in [9.17, 15) is 4.79 Å². The molecule has 0 spiro atoms. The molecular formula is C18H27N3O2S. The van der Waals surface area contributed by atoms with E-state index in [1.165, 1.54) is 17.1 Å². The van der Waals surface area contributed by atoms with Crippen LogP contribution in [0.3, 0.4) is 0 Å². The predicted octanol–water partition coefficient (Wildman–Crippen LogP) is 1.93. The zero-order valence-corrected chi connectivity index (χ0v) is 14.9. The Balaban J connectivity index is 1.56.